The summed E-state index contributed by atoms with van der Waals surface area (Å²) >= 11 is 0. The Morgan fingerprint density at radius 2 is 0.931 bits per heavy atom. The summed E-state index contributed by atoms with van der Waals surface area (Å²) in [4.78, 5) is 203. The Bertz CT molecular complexity index is 3710. The van der Waals surface area contributed by atoms with Crippen molar-refractivity contribution >= 4 is 127 Å². The highest BCUT2D eigenvalue weighted by Gasteiger charge is 2.37. The van der Waals surface area contributed by atoms with E-state index in [1.54, 1.807) is 88.7 Å². The Labute approximate surface area is 598 Å². The monoisotopic (exact) mass is 1460 g/mol. The van der Waals surface area contributed by atoms with Gasteiger partial charge >= 0.3 is 11.9 Å². The zero-order chi connectivity index (χ0) is 75.3. The lowest BCUT2D eigenvalue weighted by molar-refractivity contribution is -0.142. The summed E-state index contributed by atoms with van der Waals surface area (Å²) in [5.74, 6) is -13.0. The zero-order valence-electron chi connectivity index (χ0n) is 58.7. The number of benzene rings is 2. The minimum Gasteiger partial charge on any atom is -0.481 e. The molecule has 0 saturated carbocycles. The molecule has 11 amide bonds. The fraction of sp³-hybridized carbons (Fsp3) is 0.515. The number of aromatic nitrogens is 4. The van der Waals surface area contributed by atoms with Crippen LogP contribution in [0.1, 0.15) is 111 Å². The molecule has 0 aliphatic carbocycles. The van der Waals surface area contributed by atoms with Crippen molar-refractivity contribution in [1.82, 2.24) is 83.7 Å². The van der Waals surface area contributed by atoms with E-state index in [2.05, 4.69) is 83.7 Å². The summed E-state index contributed by atoms with van der Waals surface area (Å²) < 4.78 is 0. The largest absolute Gasteiger partial charge is 0.481 e. The lowest BCUT2D eigenvalue weighted by Crippen LogP contribution is -2.61. The lowest BCUT2D eigenvalue weighted by Gasteiger charge is -2.29. The number of aromatic amines is 3. The Kier molecular flexibility index (Phi) is 33.4. The molecule has 0 bridgehead atoms. The molecule has 102 heavy (non-hydrogen) atoms. The topological polar surface area (TPSA) is 484 Å². The average Bonchev–Trinajstić information content (AvgIpc) is 1.63. The number of carboxylic acids is 2. The van der Waals surface area contributed by atoms with Gasteiger partial charge in [-0.3, -0.25) is 57.5 Å². The van der Waals surface area contributed by atoms with Crippen molar-refractivity contribution in [1.29, 1.82) is 0 Å². The number of para-hydroxylation sites is 2. The zero-order valence-corrected chi connectivity index (χ0v) is 60.4. The summed E-state index contributed by atoms with van der Waals surface area (Å²) in [6.45, 7) is 14.8. The highest BCUT2D eigenvalue weighted by Crippen LogP contribution is 2.25. The maximum atomic E-state index is 14.9. The minimum atomic E-state index is -1.57. The third-order valence-corrected chi connectivity index (χ3v) is 18.8. The van der Waals surface area contributed by atoms with Crippen molar-refractivity contribution in [2.45, 2.75) is 180 Å². The first-order valence-electron chi connectivity index (χ1n) is 33.6. The van der Waals surface area contributed by atoms with Gasteiger partial charge in [-0.2, -0.15) is 0 Å². The summed E-state index contributed by atoms with van der Waals surface area (Å²) in [6, 6.07) is -0.143. The van der Waals surface area contributed by atoms with E-state index in [1.807, 2.05) is 27.7 Å². The van der Waals surface area contributed by atoms with Gasteiger partial charge in [-0.25, -0.2) is 9.78 Å². The number of fused-ring (bicyclic) bond motifs is 2. The lowest BCUT2D eigenvalue weighted by atomic mass is 9.98. The molecule has 5 aromatic rings. The van der Waals surface area contributed by atoms with Crippen LogP contribution in [0.5, 0.6) is 0 Å². The number of aliphatic carboxylic acids is 2. The van der Waals surface area contributed by atoms with E-state index in [9.17, 15) is 77.3 Å². The molecule has 3 heterocycles. The van der Waals surface area contributed by atoms with E-state index in [-0.39, 0.29) is 68.4 Å². The molecule has 0 spiro atoms. The van der Waals surface area contributed by atoms with Crippen molar-refractivity contribution in [3.8, 4) is 0 Å². The SMILES string of the molecule is CC[C@H](NC(=O)[C@H](CSSC[C@H](NC(=O)CCC(=O)O)C(=O)N[C@@H](C)C(=O)N[C@@H](Cc1c[nH]c2ccccc12)C(=O)N[C@@H](Cc1cnc[nH]1)C(=O)N[C@@H](CC(C)C)C(=O)NCC=O)NC(=O)[C@H](Cc1c[nH]c2ccccc12)NC(=O)C(NC(=O)[C@H](CC(C)C)NC(=O)C(C)NC)C(C)C)C(=O)O. The van der Waals surface area contributed by atoms with Gasteiger partial charge < -0.3 is 93.8 Å². The number of rotatable bonds is 44. The van der Waals surface area contributed by atoms with E-state index in [4.69, 9.17) is 0 Å². The number of aldehydes is 1. The predicted molar refractivity (Wildman–Crippen MR) is 382 cm³/mol. The van der Waals surface area contributed by atoms with Gasteiger partial charge in [0, 0.05) is 83.3 Å². The van der Waals surface area contributed by atoms with Crippen molar-refractivity contribution in [3.63, 3.8) is 0 Å². The molecule has 2 unspecified atom stereocenters. The van der Waals surface area contributed by atoms with Gasteiger partial charge in [-0.1, -0.05) is 106 Å². The van der Waals surface area contributed by atoms with Crippen LogP contribution in [0.15, 0.2) is 73.4 Å². The molecule has 32 nitrogen and oxygen atoms in total. The number of amides is 11. The Morgan fingerprint density at radius 3 is 1.42 bits per heavy atom. The Morgan fingerprint density at radius 1 is 0.490 bits per heavy atom. The van der Waals surface area contributed by atoms with E-state index in [0.29, 0.717) is 44.9 Å². The van der Waals surface area contributed by atoms with Crippen LogP contribution in [0, 0.1) is 17.8 Å². The number of hydrogen-bond donors (Lipinski definition) is 17. The van der Waals surface area contributed by atoms with Crippen LogP contribution in [-0.2, 0) is 86.4 Å². The molecule has 3 aromatic heterocycles. The first-order chi connectivity index (χ1) is 48.4. The first kappa shape index (κ1) is 82.8. The second-order valence-corrected chi connectivity index (χ2v) is 28.4. The van der Waals surface area contributed by atoms with Crippen LogP contribution in [0.3, 0.4) is 0 Å². The molecular formula is C68H96N16O16S2. The quantitative estimate of drug-likeness (QED) is 0.0145. The summed E-state index contributed by atoms with van der Waals surface area (Å²) in [5.41, 5.74) is 2.94. The van der Waals surface area contributed by atoms with Crippen molar-refractivity contribution in [2.24, 2.45) is 17.8 Å². The maximum absolute atomic E-state index is 14.9. The number of carboxylic acid groups (broad SMARTS) is 2. The molecule has 2 aromatic carbocycles. The van der Waals surface area contributed by atoms with Gasteiger partial charge in [0.1, 0.15) is 66.7 Å². The normalized spacial score (nSPS) is 14.6. The maximum Gasteiger partial charge on any atom is 0.326 e. The van der Waals surface area contributed by atoms with Crippen LogP contribution < -0.4 is 63.8 Å². The van der Waals surface area contributed by atoms with Gasteiger partial charge in [-0.05, 0) is 81.2 Å². The van der Waals surface area contributed by atoms with Crippen molar-refractivity contribution in [3.05, 3.63) is 90.3 Å². The number of likely N-dealkylation sites (N-methyl/N-ethyl adjacent to an activating group) is 1. The number of nitrogens with one attached hydrogen (secondary N) is 15. The molecule has 34 heteroatoms. The van der Waals surface area contributed by atoms with Gasteiger partial charge in [-0.15, -0.1) is 0 Å². The number of H-pyrrole nitrogens is 3. The molecular weight excluding hydrogens is 1360 g/mol. The fourth-order valence-electron chi connectivity index (χ4n) is 10.6. The van der Waals surface area contributed by atoms with Gasteiger partial charge in [0.05, 0.1) is 25.3 Å². The standard InChI is InChI=1S/C68H96N16O16S2/c1-11-45(68(99)100)77-66(97)54(83-62(93)51(27-41-30-73-47-19-15-13-17-44(41)47)82-67(98)57(37(6)7)84-64(95)49(25-36(4)5)78-58(89)38(8)69-10)33-102-101-32-53(76-55(86)20-21-56(87)88)65(96)75-39(9)59(90)79-50(26-40-29-72-46-18-14-12-16-43(40)46)61(92)81-52(28-42-31-70-34-74-42)63(94)80-48(24-35(2)3)60(91)71-22-23-85/h12-19,23,29-31,34-39,45,48-54,57,69,72-73H,11,20-22,24-28,32-33H2,1-10H3,(H,70,74)(H,71,91)(H,75,96)(H,76,86)(H,77,97)(H,78,89)(H,79,90)(H,80,94)(H,81,92)(H,82,98)(H,83,93)(H,84,95)(H,87,88)(H,99,100)/t38?,39-,45-,48-,49-,50-,51-,52-,53-,54-,57?/m0/s1. The molecule has 17 N–H and O–H groups in total. The number of hydrogen-bond acceptors (Lipinski definition) is 18. The van der Waals surface area contributed by atoms with Crippen LogP contribution in [0.25, 0.3) is 21.8 Å². The predicted octanol–water partition coefficient (Wildman–Crippen LogP) is 0.680. The number of carbonyl (C=O) groups is 14. The summed E-state index contributed by atoms with van der Waals surface area (Å²) in [5, 5.41) is 52.6. The summed E-state index contributed by atoms with van der Waals surface area (Å²) in [7, 11) is 3.36. The number of carbonyl (C=O) groups excluding carboxylic acids is 12. The average molecular weight is 1460 g/mol. The Hall–Kier alpha value is -9.83. The van der Waals surface area contributed by atoms with E-state index < -0.39 is 162 Å². The molecule has 11 atom stereocenters. The van der Waals surface area contributed by atoms with Crippen molar-refractivity contribution in [2.75, 3.05) is 25.1 Å². The number of imidazole rings is 1. The third kappa shape index (κ3) is 26.3. The number of nitrogens with zero attached hydrogens (tertiary/aromatic N) is 1. The van der Waals surface area contributed by atoms with Gasteiger partial charge in [0.2, 0.25) is 65.0 Å². The minimum absolute atomic E-state index is 0.0633. The van der Waals surface area contributed by atoms with E-state index in [0.717, 1.165) is 21.6 Å². The second-order valence-electron chi connectivity index (χ2n) is 25.8. The highest BCUT2D eigenvalue weighted by atomic mass is 33.1. The Balaban J connectivity index is 1.41. The van der Waals surface area contributed by atoms with E-state index in [1.165, 1.54) is 26.4 Å². The van der Waals surface area contributed by atoms with Gasteiger partial charge in [0.25, 0.3) is 0 Å². The molecule has 0 fully saturated rings. The molecule has 0 aliphatic rings. The second kappa shape index (κ2) is 41.2. The van der Waals surface area contributed by atoms with Gasteiger partial charge in [0.15, 0.2) is 0 Å². The van der Waals surface area contributed by atoms with E-state index >= 15 is 0 Å². The molecule has 0 aliphatic heterocycles. The molecule has 0 radical (unpaired) electrons. The first-order valence-corrected chi connectivity index (χ1v) is 36.1. The molecule has 0 saturated heterocycles. The molecule has 5 rings (SSSR count). The summed E-state index contributed by atoms with van der Waals surface area (Å²) in [6.07, 6.45) is 5.13. The highest BCUT2D eigenvalue weighted by molar-refractivity contribution is 8.76. The van der Waals surface area contributed by atoms with Crippen molar-refractivity contribution < 1.29 is 77.3 Å². The molecule has 556 valence electrons. The fourth-order valence-corrected chi connectivity index (χ4v) is 13.0. The van der Waals surface area contributed by atoms with Crippen LogP contribution in [0.4, 0.5) is 0 Å². The third-order valence-electron chi connectivity index (χ3n) is 16.4. The van der Waals surface area contributed by atoms with Crippen LogP contribution in [-0.4, -0.2) is 205 Å². The van der Waals surface area contributed by atoms with Crippen LogP contribution in [0.2, 0.25) is 0 Å². The smallest absolute Gasteiger partial charge is 0.326 e. The van der Waals surface area contributed by atoms with Crippen LogP contribution >= 0.6 is 21.6 Å².